The predicted molar refractivity (Wildman–Crippen MR) is 59.9 cm³/mol. The second-order valence-electron chi connectivity index (χ2n) is 3.22. The summed E-state index contributed by atoms with van der Waals surface area (Å²) in [5.41, 5.74) is 0.965. The Labute approximate surface area is 92.7 Å². The molecule has 80 valence electrons. The molecule has 0 spiro atoms. The first-order chi connectivity index (χ1) is 7.75. The summed E-state index contributed by atoms with van der Waals surface area (Å²) >= 11 is 0. The van der Waals surface area contributed by atoms with Gasteiger partial charge in [-0.25, -0.2) is 0 Å². The van der Waals surface area contributed by atoms with Gasteiger partial charge in [0.05, 0.1) is 0 Å². The minimum Gasteiger partial charge on any atom is -0.594 e. The monoisotopic (exact) mass is 214 g/mol. The molecule has 2 aromatic rings. The fourth-order valence-electron chi connectivity index (χ4n) is 1.24. The van der Waals surface area contributed by atoms with Crippen molar-refractivity contribution in [2.24, 2.45) is 5.11 Å². The van der Waals surface area contributed by atoms with Crippen molar-refractivity contribution in [1.29, 1.82) is 0 Å². The van der Waals surface area contributed by atoms with E-state index in [1.807, 2.05) is 6.07 Å². The minimum atomic E-state index is 0.149. The van der Waals surface area contributed by atoms with Crippen LogP contribution in [0.4, 0.5) is 11.4 Å². The van der Waals surface area contributed by atoms with Crippen molar-refractivity contribution in [2.75, 3.05) is 0 Å². The third-order valence-corrected chi connectivity index (χ3v) is 2.03. The molecule has 0 aromatic heterocycles. The van der Waals surface area contributed by atoms with Crippen LogP contribution in [0.25, 0.3) is 0 Å². The summed E-state index contributed by atoms with van der Waals surface area (Å²) in [6.07, 6.45) is 0. The van der Waals surface area contributed by atoms with Crippen LogP contribution in [0, 0.1) is 5.21 Å². The number of hydrogen-bond donors (Lipinski definition) is 1. The number of para-hydroxylation sites is 1. The Balaban J connectivity index is 2.28. The quantitative estimate of drug-likeness (QED) is 0.473. The fraction of sp³-hybridized carbons (Fsp3) is 0. The maximum absolute atomic E-state index is 11.6. The van der Waals surface area contributed by atoms with E-state index in [1.165, 1.54) is 12.1 Å². The van der Waals surface area contributed by atoms with Crippen LogP contribution >= 0.6 is 0 Å². The van der Waals surface area contributed by atoms with E-state index in [-0.39, 0.29) is 5.75 Å². The molecule has 0 aliphatic heterocycles. The lowest BCUT2D eigenvalue weighted by Crippen LogP contribution is -1.89. The Morgan fingerprint density at radius 3 is 2.19 bits per heavy atom. The molecule has 0 saturated carbocycles. The third kappa shape index (κ3) is 2.36. The molecule has 16 heavy (non-hydrogen) atoms. The number of azo groups is 1. The van der Waals surface area contributed by atoms with Crippen molar-refractivity contribution in [3.05, 3.63) is 59.8 Å². The lowest BCUT2D eigenvalue weighted by Gasteiger charge is -1.98. The van der Waals surface area contributed by atoms with E-state index < -0.39 is 0 Å². The smallest absolute Gasteiger partial charge is 0.244 e. The summed E-state index contributed by atoms with van der Waals surface area (Å²) in [4.78, 5) is 0.548. The van der Waals surface area contributed by atoms with Crippen LogP contribution in [-0.2, 0) is 0 Å². The molecule has 2 aromatic carbocycles. The fourth-order valence-corrected chi connectivity index (χ4v) is 1.24. The van der Waals surface area contributed by atoms with Crippen molar-refractivity contribution < 1.29 is 9.97 Å². The second-order valence-corrected chi connectivity index (χ2v) is 3.22. The van der Waals surface area contributed by atoms with Crippen LogP contribution in [0.1, 0.15) is 0 Å². The summed E-state index contributed by atoms with van der Waals surface area (Å²) in [5.74, 6) is 0.149. The molecular formula is C12H10N2O2. The molecule has 4 heteroatoms. The Bertz CT molecular complexity index is 492. The van der Waals surface area contributed by atoms with Crippen molar-refractivity contribution in [3.63, 3.8) is 0 Å². The first kappa shape index (κ1) is 10.2. The molecule has 0 fully saturated rings. The molecule has 0 saturated heterocycles. The van der Waals surface area contributed by atoms with Gasteiger partial charge in [-0.05, 0) is 24.3 Å². The van der Waals surface area contributed by atoms with E-state index in [0.29, 0.717) is 16.2 Å². The number of rotatable bonds is 2. The van der Waals surface area contributed by atoms with Gasteiger partial charge in [0.15, 0.2) is 0 Å². The highest BCUT2D eigenvalue weighted by molar-refractivity contribution is 5.40. The molecule has 0 aliphatic carbocycles. The minimum absolute atomic E-state index is 0.149. The maximum Gasteiger partial charge on any atom is 0.244 e. The average Bonchev–Trinajstić information content (AvgIpc) is 2.33. The summed E-state index contributed by atoms with van der Waals surface area (Å²) in [6, 6.07) is 14.8. The number of hydrogen-bond acceptors (Lipinski definition) is 3. The highest BCUT2D eigenvalue weighted by Gasteiger charge is 2.01. The molecule has 0 radical (unpaired) electrons. The Hall–Kier alpha value is -2.36. The zero-order valence-corrected chi connectivity index (χ0v) is 8.45. The molecule has 1 N–H and O–H groups in total. The molecule has 0 heterocycles. The number of phenolic OH excluding ortho intramolecular Hbond substituents is 1. The van der Waals surface area contributed by atoms with Crippen molar-refractivity contribution >= 4 is 11.4 Å². The van der Waals surface area contributed by atoms with E-state index >= 15 is 0 Å². The van der Waals surface area contributed by atoms with Crippen molar-refractivity contribution in [3.8, 4) is 5.75 Å². The van der Waals surface area contributed by atoms with Gasteiger partial charge < -0.3 is 10.3 Å². The van der Waals surface area contributed by atoms with Crippen molar-refractivity contribution in [1.82, 2.24) is 0 Å². The average molecular weight is 214 g/mol. The lowest BCUT2D eigenvalue weighted by molar-refractivity contribution is -0.435. The van der Waals surface area contributed by atoms with E-state index in [4.69, 9.17) is 5.11 Å². The van der Waals surface area contributed by atoms with Crippen LogP contribution in [0.5, 0.6) is 5.75 Å². The van der Waals surface area contributed by atoms with E-state index in [1.54, 1.807) is 36.4 Å². The third-order valence-electron chi connectivity index (χ3n) is 2.03. The molecular weight excluding hydrogens is 204 g/mol. The van der Waals surface area contributed by atoms with Gasteiger partial charge in [0.1, 0.15) is 11.4 Å². The summed E-state index contributed by atoms with van der Waals surface area (Å²) < 4.78 is 0. The van der Waals surface area contributed by atoms with Crippen LogP contribution < -0.4 is 0 Å². The largest absolute Gasteiger partial charge is 0.594 e. The first-order valence-electron chi connectivity index (χ1n) is 4.79. The zero-order valence-electron chi connectivity index (χ0n) is 8.45. The first-order valence-corrected chi connectivity index (χ1v) is 4.79. The highest BCUT2D eigenvalue weighted by atomic mass is 16.5. The molecule has 0 bridgehead atoms. The van der Waals surface area contributed by atoms with Gasteiger partial charge in [-0.15, -0.1) is 0 Å². The van der Waals surface area contributed by atoms with Gasteiger partial charge in [-0.1, -0.05) is 23.1 Å². The van der Waals surface area contributed by atoms with E-state index in [2.05, 4.69) is 5.11 Å². The van der Waals surface area contributed by atoms with Crippen LogP contribution in [0.2, 0.25) is 0 Å². The number of benzene rings is 2. The molecule has 4 nitrogen and oxygen atoms in total. The van der Waals surface area contributed by atoms with Gasteiger partial charge in [-0.2, -0.15) is 0 Å². The van der Waals surface area contributed by atoms with Gasteiger partial charge in [-0.3, -0.25) is 0 Å². The van der Waals surface area contributed by atoms with Gasteiger partial charge in [0.25, 0.3) is 0 Å². The number of nitrogens with zero attached hydrogens (tertiary/aromatic N) is 2. The Morgan fingerprint density at radius 2 is 1.56 bits per heavy atom. The van der Waals surface area contributed by atoms with Gasteiger partial charge >= 0.3 is 0 Å². The number of aromatic hydroxyl groups is 1. The lowest BCUT2D eigenvalue weighted by atomic mass is 10.3. The molecule has 0 aliphatic rings. The number of phenols is 1. The zero-order chi connectivity index (χ0) is 11.4. The van der Waals surface area contributed by atoms with E-state index in [0.717, 1.165) is 0 Å². The Morgan fingerprint density at radius 1 is 0.938 bits per heavy atom. The normalized spacial score (nSPS) is 11.4. The van der Waals surface area contributed by atoms with Crippen LogP contribution in [0.3, 0.4) is 0 Å². The van der Waals surface area contributed by atoms with Crippen LogP contribution in [-0.4, -0.2) is 9.97 Å². The second kappa shape index (κ2) is 4.44. The van der Waals surface area contributed by atoms with E-state index in [9.17, 15) is 5.21 Å². The van der Waals surface area contributed by atoms with Crippen molar-refractivity contribution in [2.45, 2.75) is 0 Å². The van der Waals surface area contributed by atoms with Crippen LogP contribution in [0.15, 0.2) is 59.7 Å². The van der Waals surface area contributed by atoms with Gasteiger partial charge in [0, 0.05) is 17.2 Å². The predicted octanol–water partition coefficient (Wildman–Crippen LogP) is 3.32. The SMILES string of the molecule is [O-]/[N+](=N\c1ccc(O)cc1)c1ccccc1. The van der Waals surface area contributed by atoms with Gasteiger partial charge in [0.2, 0.25) is 5.69 Å². The summed E-state index contributed by atoms with van der Waals surface area (Å²) in [5, 5.41) is 24.5. The standard InChI is InChI=1S/C12H10N2O2/c15-12-8-6-10(7-9-12)13-14(16)11-4-2-1-3-5-11/h1-9,15H/b14-13-. The molecule has 0 unspecified atom stereocenters. The Kier molecular flexibility index (Phi) is 2.82. The summed E-state index contributed by atoms with van der Waals surface area (Å²) in [6.45, 7) is 0. The topological polar surface area (TPSA) is 58.7 Å². The maximum atomic E-state index is 11.6. The molecule has 0 atom stereocenters. The highest BCUT2D eigenvalue weighted by Crippen LogP contribution is 2.19. The molecule has 2 rings (SSSR count). The molecule has 0 amide bonds. The summed E-state index contributed by atoms with van der Waals surface area (Å²) in [7, 11) is 0.